The minimum absolute atomic E-state index is 0.114. The molecule has 0 bridgehead atoms. The molecule has 1 atom stereocenters. The molecule has 1 aliphatic rings. The number of halogens is 1. The molecular weight excluding hydrogens is 289 g/mol. The van der Waals surface area contributed by atoms with Gasteiger partial charge in [0.1, 0.15) is 0 Å². The van der Waals surface area contributed by atoms with E-state index in [0.717, 1.165) is 5.69 Å². The van der Waals surface area contributed by atoms with Crippen molar-refractivity contribution in [2.45, 2.75) is 6.04 Å². The van der Waals surface area contributed by atoms with Crippen LogP contribution >= 0.6 is 0 Å². The highest BCUT2D eigenvalue weighted by molar-refractivity contribution is 5.94. The fourth-order valence-electron chi connectivity index (χ4n) is 2.52. The molecule has 1 amide bonds. The van der Waals surface area contributed by atoms with Crippen molar-refractivity contribution in [2.75, 3.05) is 26.9 Å². The number of nitrogens with zero attached hydrogens (tertiary/aromatic N) is 2. The topological polar surface area (TPSA) is 67.4 Å². The van der Waals surface area contributed by atoms with Gasteiger partial charge in [0.15, 0.2) is 11.6 Å². The van der Waals surface area contributed by atoms with Crippen molar-refractivity contribution in [1.29, 1.82) is 0 Å². The molecule has 0 saturated carbocycles. The zero-order chi connectivity index (χ0) is 15.5. The summed E-state index contributed by atoms with van der Waals surface area (Å²) in [6.07, 6.45) is 1.62. The summed E-state index contributed by atoms with van der Waals surface area (Å²) in [7, 11) is 1.39. The number of morpholine rings is 1. The number of rotatable bonds is 3. The van der Waals surface area contributed by atoms with E-state index >= 15 is 0 Å². The molecule has 1 aromatic heterocycles. The standard InChI is InChI=1S/C15H16FN3O3/c1-21-14-3-2-10(8-11(14)16)15(20)19-6-7-22-9-13(19)12-4-5-17-18-12/h2-5,8,13H,6-7,9H2,1H3,(H,17,18)/t13-/m1/s1. The lowest BCUT2D eigenvalue weighted by Crippen LogP contribution is -2.43. The molecule has 7 heteroatoms. The second-order valence-corrected chi connectivity index (χ2v) is 4.95. The lowest BCUT2D eigenvalue weighted by atomic mass is 10.1. The summed E-state index contributed by atoms with van der Waals surface area (Å²) in [6.45, 7) is 1.28. The Morgan fingerprint density at radius 1 is 1.50 bits per heavy atom. The summed E-state index contributed by atoms with van der Waals surface area (Å²) in [5, 5.41) is 6.76. The molecule has 0 aliphatic carbocycles. The van der Waals surface area contributed by atoms with Crippen molar-refractivity contribution in [2.24, 2.45) is 0 Å². The van der Waals surface area contributed by atoms with Crippen LogP contribution in [0.2, 0.25) is 0 Å². The monoisotopic (exact) mass is 305 g/mol. The average molecular weight is 305 g/mol. The Hall–Kier alpha value is -2.41. The first-order valence-electron chi connectivity index (χ1n) is 6.92. The molecule has 0 radical (unpaired) electrons. The van der Waals surface area contributed by atoms with Crippen molar-refractivity contribution < 1.29 is 18.7 Å². The largest absolute Gasteiger partial charge is 0.494 e. The number of carbonyl (C=O) groups is 1. The van der Waals surface area contributed by atoms with Crippen LogP contribution in [-0.2, 0) is 4.74 Å². The number of ether oxygens (including phenoxy) is 2. The van der Waals surface area contributed by atoms with Gasteiger partial charge in [-0.05, 0) is 24.3 Å². The fraction of sp³-hybridized carbons (Fsp3) is 0.333. The van der Waals surface area contributed by atoms with Gasteiger partial charge in [-0.3, -0.25) is 9.89 Å². The number of methoxy groups -OCH3 is 1. The normalized spacial score (nSPS) is 18.3. The van der Waals surface area contributed by atoms with Gasteiger partial charge in [-0.1, -0.05) is 0 Å². The molecule has 1 aromatic carbocycles. The molecule has 2 heterocycles. The van der Waals surface area contributed by atoms with E-state index in [9.17, 15) is 9.18 Å². The van der Waals surface area contributed by atoms with Gasteiger partial charge in [0.2, 0.25) is 0 Å². The quantitative estimate of drug-likeness (QED) is 0.938. The molecule has 116 valence electrons. The van der Waals surface area contributed by atoms with E-state index in [1.165, 1.54) is 19.2 Å². The van der Waals surface area contributed by atoms with Crippen LogP contribution in [0.15, 0.2) is 30.5 Å². The number of hydrogen-bond donors (Lipinski definition) is 1. The number of benzene rings is 1. The van der Waals surface area contributed by atoms with E-state index in [0.29, 0.717) is 19.8 Å². The van der Waals surface area contributed by atoms with Crippen molar-refractivity contribution in [3.63, 3.8) is 0 Å². The van der Waals surface area contributed by atoms with Crippen LogP contribution < -0.4 is 4.74 Å². The predicted molar refractivity (Wildman–Crippen MR) is 76.1 cm³/mol. The molecule has 2 aromatic rings. The SMILES string of the molecule is COc1ccc(C(=O)N2CCOC[C@@H]2c2ccn[nH]2)cc1F. The van der Waals surface area contributed by atoms with Crippen molar-refractivity contribution >= 4 is 5.91 Å². The molecular formula is C15H16FN3O3. The van der Waals surface area contributed by atoms with E-state index in [1.54, 1.807) is 23.2 Å². The Labute approximate surface area is 126 Å². The zero-order valence-electron chi connectivity index (χ0n) is 12.1. The Morgan fingerprint density at radius 3 is 3.05 bits per heavy atom. The summed E-state index contributed by atoms with van der Waals surface area (Å²) in [5.41, 5.74) is 1.08. The number of amides is 1. The van der Waals surface area contributed by atoms with Crippen LogP contribution in [0.1, 0.15) is 22.1 Å². The molecule has 1 aliphatic heterocycles. The molecule has 0 spiro atoms. The fourth-order valence-corrected chi connectivity index (χ4v) is 2.52. The Balaban J connectivity index is 1.87. The second kappa shape index (κ2) is 6.15. The third-order valence-electron chi connectivity index (χ3n) is 3.67. The summed E-state index contributed by atoms with van der Waals surface area (Å²) in [5.74, 6) is -0.687. The van der Waals surface area contributed by atoms with Gasteiger partial charge in [0, 0.05) is 18.3 Å². The van der Waals surface area contributed by atoms with Crippen molar-refractivity contribution in [1.82, 2.24) is 15.1 Å². The van der Waals surface area contributed by atoms with Crippen LogP contribution in [0.5, 0.6) is 5.75 Å². The van der Waals surface area contributed by atoms with E-state index in [1.807, 2.05) is 0 Å². The summed E-state index contributed by atoms with van der Waals surface area (Å²) in [4.78, 5) is 14.4. The highest BCUT2D eigenvalue weighted by atomic mass is 19.1. The van der Waals surface area contributed by atoms with Crippen LogP contribution in [0.25, 0.3) is 0 Å². The number of carbonyl (C=O) groups excluding carboxylic acids is 1. The maximum Gasteiger partial charge on any atom is 0.254 e. The third kappa shape index (κ3) is 2.67. The van der Waals surface area contributed by atoms with Gasteiger partial charge >= 0.3 is 0 Å². The van der Waals surface area contributed by atoms with Crippen molar-refractivity contribution in [3.8, 4) is 5.75 Å². The Bertz CT molecular complexity index is 660. The molecule has 6 nitrogen and oxygen atoms in total. The minimum Gasteiger partial charge on any atom is -0.494 e. The van der Waals surface area contributed by atoms with Gasteiger partial charge in [-0.15, -0.1) is 0 Å². The molecule has 1 saturated heterocycles. The van der Waals surface area contributed by atoms with Gasteiger partial charge in [0.25, 0.3) is 5.91 Å². The van der Waals surface area contributed by atoms with Gasteiger partial charge in [-0.25, -0.2) is 4.39 Å². The lowest BCUT2D eigenvalue weighted by Gasteiger charge is -2.35. The van der Waals surface area contributed by atoms with E-state index < -0.39 is 5.82 Å². The highest BCUT2D eigenvalue weighted by Gasteiger charge is 2.30. The van der Waals surface area contributed by atoms with Crippen molar-refractivity contribution in [3.05, 3.63) is 47.5 Å². The lowest BCUT2D eigenvalue weighted by molar-refractivity contribution is -0.00393. The van der Waals surface area contributed by atoms with Gasteiger partial charge in [-0.2, -0.15) is 5.10 Å². The van der Waals surface area contributed by atoms with Gasteiger partial charge in [0.05, 0.1) is 32.1 Å². The molecule has 1 fully saturated rings. The Kier molecular flexibility index (Phi) is 4.06. The maximum atomic E-state index is 13.8. The first-order valence-corrected chi connectivity index (χ1v) is 6.92. The predicted octanol–water partition coefficient (Wildman–Crippen LogP) is 1.77. The van der Waals surface area contributed by atoms with Crippen LogP contribution in [0.4, 0.5) is 4.39 Å². The number of H-pyrrole nitrogens is 1. The van der Waals surface area contributed by atoms with Crippen LogP contribution in [0.3, 0.4) is 0 Å². The number of nitrogens with one attached hydrogen (secondary N) is 1. The summed E-state index contributed by atoms with van der Waals surface area (Å²) < 4.78 is 24.1. The maximum absolute atomic E-state index is 13.8. The van der Waals surface area contributed by atoms with E-state index in [2.05, 4.69) is 10.2 Å². The summed E-state index contributed by atoms with van der Waals surface area (Å²) in [6, 6.07) is 5.75. The number of aromatic nitrogens is 2. The van der Waals surface area contributed by atoms with Crippen LogP contribution in [-0.4, -0.2) is 47.9 Å². The van der Waals surface area contributed by atoms with Crippen LogP contribution in [0, 0.1) is 5.82 Å². The minimum atomic E-state index is -0.556. The Morgan fingerprint density at radius 2 is 2.36 bits per heavy atom. The van der Waals surface area contributed by atoms with E-state index in [4.69, 9.17) is 9.47 Å². The zero-order valence-corrected chi connectivity index (χ0v) is 12.1. The van der Waals surface area contributed by atoms with Gasteiger partial charge < -0.3 is 14.4 Å². The molecule has 3 rings (SSSR count). The molecule has 22 heavy (non-hydrogen) atoms. The first-order chi connectivity index (χ1) is 10.7. The number of aromatic amines is 1. The first kappa shape index (κ1) is 14.5. The van der Waals surface area contributed by atoms with E-state index in [-0.39, 0.29) is 23.3 Å². The summed E-state index contributed by atoms with van der Waals surface area (Å²) >= 11 is 0. The average Bonchev–Trinajstić information content (AvgIpc) is 3.08. The third-order valence-corrected chi connectivity index (χ3v) is 3.67. The second-order valence-electron chi connectivity index (χ2n) is 4.95. The molecule has 1 N–H and O–H groups in total. The smallest absolute Gasteiger partial charge is 0.254 e. The highest BCUT2D eigenvalue weighted by Crippen LogP contribution is 2.26. The molecule has 0 unspecified atom stereocenters. The number of hydrogen-bond acceptors (Lipinski definition) is 4.